The van der Waals surface area contributed by atoms with Crippen LogP contribution >= 0.6 is 11.6 Å². The molecule has 1 saturated heterocycles. The lowest BCUT2D eigenvalue weighted by Crippen LogP contribution is -2.37. The second-order valence-corrected chi connectivity index (χ2v) is 4.70. The lowest BCUT2D eigenvalue weighted by Gasteiger charge is -2.14. The van der Waals surface area contributed by atoms with Gasteiger partial charge in [-0.15, -0.1) is 0 Å². The number of carbonyl (C=O) groups excluding carboxylic acids is 1. The summed E-state index contributed by atoms with van der Waals surface area (Å²) in [7, 11) is 0. The third-order valence-electron chi connectivity index (χ3n) is 2.93. The Kier molecular flexibility index (Phi) is 4.04. The Balaban J connectivity index is 2.16. The number of halogens is 1. The zero-order chi connectivity index (χ0) is 14.0. The van der Waals surface area contributed by atoms with Crippen molar-refractivity contribution in [3.05, 3.63) is 28.8 Å². The monoisotopic (exact) mass is 284 g/mol. The van der Waals surface area contributed by atoms with Crippen molar-refractivity contribution < 1.29 is 19.4 Å². The van der Waals surface area contributed by atoms with E-state index in [9.17, 15) is 9.59 Å². The molecule has 6 nitrogen and oxygen atoms in total. The average molecular weight is 285 g/mol. The average Bonchev–Trinajstić information content (AvgIpc) is 2.78. The highest BCUT2D eigenvalue weighted by Gasteiger charge is 2.31. The maximum Gasteiger partial charge on any atom is 0.335 e. The predicted molar refractivity (Wildman–Crippen MR) is 69.3 cm³/mol. The molecule has 19 heavy (non-hydrogen) atoms. The molecule has 2 atom stereocenters. The van der Waals surface area contributed by atoms with Crippen LogP contribution in [0.2, 0.25) is 5.02 Å². The maximum atomic E-state index is 12.0. The van der Waals surface area contributed by atoms with Crippen molar-refractivity contribution in [1.29, 1.82) is 0 Å². The highest BCUT2D eigenvalue weighted by molar-refractivity contribution is 6.33. The molecule has 0 aromatic heterocycles. The summed E-state index contributed by atoms with van der Waals surface area (Å²) in [6.07, 6.45) is 0. The third kappa shape index (κ3) is 3.04. The number of hydrogen-bond acceptors (Lipinski definition) is 4. The van der Waals surface area contributed by atoms with E-state index in [2.05, 4.69) is 5.32 Å². The van der Waals surface area contributed by atoms with Gasteiger partial charge in [0.15, 0.2) is 0 Å². The molecule has 4 N–H and O–H groups in total. The van der Waals surface area contributed by atoms with Gasteiger partial charge < -0.3 is 20.9 Å². The molecule has 1 heterocycles. The van der Waals surface area contributed by atoms with Crippen molar-refractivity contribution in [3.63, 3.8) is 0 Å². The van der Waals surface area contributed by atoms with Gasteiger partial charge in [-0.25, -0.2) is 4.79 Å². The molecule has 1 aromatic rings. The minimum atomic E-state index is -1.09. The quantitative estimate of drug-likeness (QED) is 0.767. The Labute approximate surface area is 114 Å². The fourth-order valence-electron chi connectivity index (χ4n) is 1.82. The smallest absolute Gasteiger partial charge is 0.335 e. The van der Waals surface area contributed by atoms with Crippen LogP contribution in [0.25, 0.3) is 0 Å². The van der Waals surface area contributed by atoms with Gasteiger partial charge in [0.25, 0.3) is 0 Å². The van der Waals surface area contributed by atoms with Crippen LogP contribution in [0.4, 0.5) is 5.69 Å². The SMILES string of the molecule is NC1COCC1C(=O)Nc1cc(C(=O)O)ccc1Cl. The maximum absolute atomic E-state index is 12.0. The minimum absolute atomic E-state index is 0.0478. The molecule has 1 aromatic carbocycles. The normalized spacial score (nSPS) is 22.2. The Hall–Kier alpha value is -1.63. The summed E-state index contributed by atoms with van der Waals surface area (Å²) >= 11 is 5.92. The first-order valence-corrected chi connectivity index (χ1v) is 6.04. The molecular weight excluding hydrogens is 272 g/mol. The summed E-state index contributed by atoms with van der Waals surface area (Å²) in [5, 5.41) is 11.7. The third-order valence-corrected chi connectivity index (χ3v) is 3.26. The van der Waals surface area contributed by atoms with Crippen LogP contribution in [-0.2, 0) is 9.53 Å². The van der Waals surface area contributed by atoms with E-state index in [1.54, 1.807) is 0 Å². The molecule has 7 heteroatoms. The molecule has 0 aliphatic carbocycles. The van der Waals surface area contributed by atoms with Gasteiger partial charge in [-0.3, -0.25) is 4.79 Å². The largest absolute Gasteiger partial charge is 0.478 e. The minimum Gasteiger partial charge on any atom is -0.478 e. The van der Waals surface area contributed by atoms with Crippen LogP contribution in [0, 0.1) is 5.92 Å². The summed E-state index contributed by atoms with van der Waals surface area (Å²) < 4.78 is 5.11. The van der Waals surface area contributed by atoms with Gasteiger partial charge >= 0.3 is 5.97 Å². The van der Waals surface area contributed by atoms with Gasteiger partial charge in [-0.1, -0.05) is 11.6 Å². The number of ether oxygens (including phenoxy) is 1. The second-order valence-electron chi connectivity index (χ2n) is 4.30. The van der Waals surface area contributed by atoms with Gasteiger partial charge in [0.1, 0.15) is 0 Å². The number of nitrogens with two attached hydrogens (primary N) is 1. The van der Waals surface area contributed by atoms with Crippen molar-refractivity contribution in [2.45, 2.75) is 6.04 Å². The lowest BCUT2D eigenvalue weighted by molar-refractivity contribution is -0.120. The first-order valence-electron chi connectivity index (χ1n) is 5.66. The van der Waals surface area contributed by atoms with Crippen LogP contribution < -0.4 is 11.1 Å². The molecule has 0 bridgehead atoms. The Morgan fingerprint density at radius 3 is 2.74 bits per heavy atom. The number of benzene rings is 1. The Bertz CT molecular complexity index is 520. The van der Waals surface area contributed by atoms with Gasteiger partial charge in [-0.05, 0) is 18.2 Å². The van der Waals surface area contributed by atoms with E-state index >= 15 is 0 Å². The predicted octanol–water partition coefficient (Wildman–Crippen LogP) is 0.950. The van der Waals surface area contributed by atoms with Crippen LogP contribution in [0.15, 0.2) is 18.2 Å². The number of anilines is 1. The van der Waals surface area contributed by atoms with E-state index < -0.39 is 11.9 Å². The number of hydrogen-bond donors (Lipinski definition) is 3. The molecule has 1 aliphatic heterocycles. The summed E-state index contributed by atoms with van der Waals surface area (Å²) in [4.78, 5) is 22.8. The molecule has 1 amide bonds. The highest BCUT2D eigenvalue weighted by atomic mass is 35.5. The Morgan fingerprint density at radius 2 is 2.16 bits per heavy atom. The van der Waals surface area contributed by atoms with E-state index in [4.69, 9.17) is 27.2 Å². The van der Waals surface area contributed by atoms with E-state index in [0.29, 0.717) is 6.61 Å². The zero-order valence-electron chi connectivity index (χ0n) is 9.93. The van der Waals surface area contributed by atoms with Crippen LogP contribution in [0.5, 0.6) is 0 Å². The number of amides is 1. The van der Waals surface area contributed by atoms with E-state index in [-0.39, 0.29) is 34.8 Å². The molecule has 102 valence electrons. The van der Waals surface area contributed by atoms with E-state index in [0.717, 1.165) is 0 Å². The molecule has 0 saturated carbocycles. The standard InChI is InChI=1S/C12H13ClN2O4/c13-8-2-1-6(12(17)18)3-10(8)15-11(16)7-4-19-5-9(7)14/h1-3,7,9H,4-5,14H2,(H,15,16)(H,17,18). The number of carboxylic acid groups (broad SMARTS) is 1. The van der Waals surface area contributed by atoms with Crippen molar-refractivity contribution in [3.8, 4) is 0 Å². The van der Waals surface area contributed by atoms with Crippen molar-refractivity contribution >= 4 is 29.2 Å². The highest BCUT2D eigenvalue weighted by Crippen LogP contribution is 2.24. The molecular formula is C12H13ClN2O4. The van der Waals surface area contributed by atoms with Crippen LogP contribution in [0.3, 0.4) is 0 Å². The van der Waals surface area contributed by atoms with E-state index in [1.165, 1.54) is 18.2 Å². The molecule has 0 radical (unpaired) electrons. The molecule has 1 fully saturated rings. The summed E-state index contributed by atoms with van der Waals surface area (Å²) in [6.45, 7) is 0.588. The Morgan fingerprint density at radius 1 is 1.42 bits per heavy atom. The van der Waals surface area contributed by atoms with Gasteiger partial charge in [-0.2, -0.15) is 0 Å². The topological polar surface area (TPSA) is 102 Å². The van der Waals surface area contributed by atoms with Crippen LogP contribution in [-0.4, -0.2) is 36.2 Å². The summed E-state index contributed by atoms with van der Waals surface area (Å²) in [5.41, 5.74) is 6.04. The van der Waals surface area contributed by atoms with Gasteiger partial charge in [0, 0.05) is 6.04 Å². The summed E-state index contributed by atoms with van der Waals surface area (Å²) in [5.74, 6) is -1.87. The number of rotatable bonds is 3. The van der Waals surface area contributed by atoms with E-state index in [1.807, 2.05) is 0 Å². The van der Waals surface area contributed by atoms with Gasteiger partial charge in [0.05, 0.1) is 35.4 Å². The molecule has 2 unspecified atom stereocenters. The number of aromatic carboxylic acids is 1. The number of nitrogens with one attached hydrogen (secondary N) is 1. The van der Waals surface area contributed by atoms with Crippen LogP contribution in [0.1, 0.15) is 10.4 Å². The van der Waals surface area contributed by atoms with Crippen molar-refractivity contribution in [2.75, 3.05) is 18.5 Å². The van der Waals surface area contributed by atoms with Crippen molar-refractivity contribution in [1.82, 2.24) is 0 Å². The molecule has 1 aliphatic rings. The zero-order valence-corrected chi connectivity index (χ0v) is 10.7. The number of carboxylic acids is 1. The molecule has 0 spiro atoms. The van der Waals surface area contributed by atoms with Gasteiger partial charge in [0.2, 0.25) is 5.91 Å². The lowest BCUT2D eigenvalue weighted by atomic mass is 10.0. The number of carbonyl (C=O) groups is 2. The molecule has 2 rings (SSSR count). The second kappa shape index (κ2) is 5.56. The fourth-order valence-corrected chi connectivity index (χ4v) is 1.99. The summed E-state index contributed by atoms with van der Waals surface area (Å²) in [6, 6.07) is 3.74. The first-order chi connectivity index (χ1) is 8.99. The first kappa shape index (κ1) is 13.8. The fraction of sp³-hybridized carbons (Fsp3) is 0.333. The van der Waals surface area contributed by atoms with Crippen molar-refractivity contribution in [2.24, 2.45) is 11.7 Å².